The number of nitrogens with zero attached hydrogens (tertiary/aromatic N) is 3. The van der Waals surface area contributed by atoms with Gasteiger partial charge < -0.3 is 10.6 Å². The van der Waals surface area contributed by atoms with Crippen LogP contribution in [0.25, 0.3) is 5.69 Å². The molecule has 1 aromatic heterocycles. The SMILES string of the molecule is Cc1ccc(C)c(NC(=O)CSc2nnc(CNC(=O)c3cc(Br)ccc3Cl)n2-c2ccccc2)c1. The lowest BCUT2D eigenvalue weighted by Crippen LogP contribution is -2.25. The van der Waals surface area contributed by atoms with E-state index in [9.17, 15) is 9.59 Å². The largest absolute Gasteiger partial charge is 0.345 e. The molecule has 0 aliphatic heterocycles. The molecule has 184 valence electrons. The van der Waals surface area contributed by atoms with Crippen LogP contribution in [-0.2, 0) is 11.3 Å². The van der Waals surface area contributed by atoms with Crippen LogP contribution in [0.2, 0.25) is 5.02 Å². The molecule has 1 heterocycles. The molecule has 4 aromatic rings. The standard InChI is InChI=1S/C26H23BrClN5O2S/c1-16-8-9-17(2)22(12-16)30-24(34)15-36-26-32-31-23(33(26)19-6-4-3-5-7-19)14-29-25(35)20-13-18(27)10-11-21(20)28/h3-13H,14-15H2,1-2H3,(H,29,35)(H,30,34). The van der Waals surface area contributed by atoms with Crippen molar-refractivity contribution in [2.24, 2.45) is 0 Å². The van der Waals surface area contributed by atoms with Crippen LogP contribution >= 0.6 is 39.3 Å². The summed E-state index contributed by atoms with van der Waals surface area (Å²) in [7, 11) is 0. The highest BCUT2D eigenvalue weighted by molar-refractivity contribution is 9.10. The minimum Gasteiger partial charge on any atom is -0.345 e. The van der Waals surface area contributed by atoms with Crippen LogP contribution in [0.3, 0.4) is 0 Å². The molecule has 0 saturated heterocycles. The van der Waals surface area contributed by atoms with Crippen molar-refractivity contribution < 1.29 is 9.59 Å². The van der Waals surface area contributed by atoms with E-state index in [1.807, 2.05) is 66.9 Å². The summed E-state index contributed by atoms with van der Waals surface area (Å²) >= 11 is 10.8. The Labute approximate surface area is 226 Å². The first-order valence-electron chi connectivity index (χ1n) is 11.0. The van der Waals surface area contributed by atoms with E-state index in [2.05, 4.69) is 36.8 Å². The van der Waals surface area contributed by atoms with Gasteiger partial charge in [-0.15, -0.1) is 10.2 Å². The van der Waals surface area contributed by atoms with Gasteiger partial charge in [-0.05, 0) is 61.4 Å². The number of thioether (sulfide) groups is 1. The zero-order valence-electron chi connectivity index (χ0n) is 19.6. The minimum atomic E-state index is -0.328. The second-order valence-electron chi connectivity index (χ2n) is 8.03. The summed E-state index contributed by atoms with van der Waals surface area (Å²) in [6, 6.07) is 20.6. The number of aryl methyl sites for hydroxylation is 2. The Morgan fingerprint density at radius 3 is 2.58 bits per heavy atom. The number of rotatable bonds is 8. The van der Waals surface area contributed by atoms with Gasteiger partial charge in [-0.3, -0.25) is 14.2 Å². The number of benzene rings is 3. The Kier molecular flexibility index (Phi) is 8.45. The Hall–Kier alpha value is -3.14. The van der Waals surface area contributed by atoms with Crippen LogP contribution in [0, 0.1) is 13.8 Å². The topological polar surface area (TPSA) is 88.9 Å². The van der Waals surface area contributed by atoms with Crippen LogP contribution in [0.5, 0.6) is 0 Å². The average molecular weight is 585 g/mol. The fraction of sp³-hybridized carbons (Fsp3) is 0.154. The normalized spacial score (nSPS) is 10.8. The number of hydrogen-bond acceptors (Lipinski definition) is 5. The first-order chi connectivity index (χ1) is 17.3. The molecule has 0 fully saturated rings. The molecule has 0 saturated carbocycles. The monoisotopic (exact) mass is 583 g/mol. The lowest BCUT2D eigenvalue weighted by atomic mass is 10.1. The third kappa shape index (κ3) is 6.34. The Morgan fingerprint density at radius 2 is 1.81 bits per heavy atom. The lowest BCUT2D eigenvalue weighted by Gasteiger charge is -2.12. The van der Waals surface area contributed by atoms with Crippen molar-refractivity contribution in [3.05, 3.63) is 98.7 Å². The number of amides is 2. The molecule has 0 bridgehead atoms. The molecule has 0 aliphatic carbocycles. The molecular formula is C26H23BrClN5O2S. The summed E-state index contributed by atoms with van der Waals surface area (Å²) in [6.45, 7) is 4.06. The number of hydrogen-bond donors (Lipinski definition) is 2. The summed E-state index contributed by atoms with van der Waals surface area (Å²) in [6.07, 6.45) is 0. The smallest absolute Gasteiger partial charge is 0.253 e. The van der Waals surface area contributed by atoms with Gasteiger partial charge in [0.2, 0.25) is 5.91 Å². The zero-order valence-corrected chi connectivity index (χ0v) is 22.7. The van der Waals surface area contributed by atoms with E-state index < -0.39 is 0 Å². The molecule has 0 aliphatic rings. The molecule has 0 spiro atoms. The van der Waals surface area contributed by atoms with Crippen molar-refractivity contribution in [3.8, 4) is 5.69 Å². The summed E-state index contributed by atoms with van der Waals surface area (Å²) in [5.41, 5.74) is 4.04. The fourth-order valence-corrected chi connectivity index (χ4v) is 4.79. The highest BCUT2D eigenvalue weighted by Gasteiger charge is 2.18. The third-order valence-electron chi connectivity index (χ3n) is 5.29. The van der Waals surface area contributed by atoms with E-state index in [0.717, 1.165) is 27.0 Å². The molecule has 36 heavy (non-hydrogen) atoms. The van der Waals surface area contributed by atoms with Crippen molar-refractivity contribution in [2.75, 3.05) is 11.1 Å². The van der Waals surface area contributed by atoms with Gasteiger partial charge in [0.15, 0.2) is 11.0 Å². The van der Waals surface area contributed by atoms with Gasteiger partial charge in [-0.1, -0.05) is 69.6 Å². The van der Waals surface area contributed by atoms with Gasteiger partial charge in [-0.25, -0.2) is 0 Å². The van der Waals surface area contributed by atoms with Gasteiger partial charge >= 0.3 is 0 Å². The third-order valence-corrected chi connectivity index (χ3v) is 7.05. The van der Waals surface area contributed by atoms with E-state index in [1.165, 1.54) is 11.8 Å². The van der Waals surface area contributed by atoms with Gasteiger partial charge in [0.25, 0.3) is 5.91 Å². The Morgan fingerprint density at radius 1 is 1.03 bits per heavy atom. The quantitative estimate of drug-likeness (QED) is 0.250. The lowest BCUT2D eigenvalue weighted by molar-refractivity contribution is -0.113. The van der Waals surface area contributed by atoms with Gasteiger partial charge in [0.1, 0.15) is 0 Å². The van der Waals surface area contributed by atoms with Gasteiger partial charge in [0.05, 0.1) is 22.9 Å². The van der Waals surface area contributed by atoms with E-state index in [0.29, 0.717) is 21.6 Å². The van der Waals surface area contributed by atoms with Crippen LogP contribution in [0.4, 0.5) is 5.69 Å². The summed E-state index contributed by atoms with van der Waals surface area (Å²) in [5.74, 6) is 0.206. The number of halogens is 2. The van der Waals surface area contributed by atoms with E-state index in [1.54, 1.807) is 18.2 Å². The fourth-order valence-electron chi connectivity index (χ4n) is 3.46. The number of nitrogens with one attached hydrogen (secondary N) is 2. The number of aromatic nitrogens is 3. The van der Waals surface area contributed by atoms with Crippen molar-refractivity contribution in [1.82, 2.24) is 20.1 Å². The summed E-state index contributed by atoms with van der Waals surface area (Å²) in [5, 5.41) is 15.3. The molecule has 10 heteroatoms. The number of para-hydroxylation sites is 1. The molecule has 0 atom stereocenters. The molecule has 2 amide bonds. The maximum absolute atomic E-state index is 12.8. The second-order valence-corrected chi connectivity index (χ2v) is 10.3. The molecular weight excluding hydrogens is 562 g/mol. The van der Waals surface area contributed by atoms with Crippen LogP contribution in [-0.4, -0.2) is 32.3 Å². The predicted octanol–water partition coefficient (Wildman–Crippen LogP) is 5.96. The van der Waals surface area contributed by atoms with Crippen LogP contribution in [0.1, 0.15) is 27.3 Å². The molecule has 7 nitrogen and oxygen atoms in total. The van der Waals surface area contributed by atoms with E-state index >= 15 is 0 Å². The predicted molar refractivity (Wildman–Crippen MR) is 147 cm³/mol. The summed E-state index contributed by atoms with van der Waals surface area (Å²) < 4.78 is 2.58. The van der Waals surface area contributed by atoms with E-state index in [-0.39, 0.29) is 24.1 Å². The second kappa shape index (κ2) is 11.7. The van der Waals surface area contributed by atoms with Crippen molar-refractivity contribution in [3.63, 3.8) is 0 Å². The zero-order chi connectivity index (χ0) is 25.7. The van der Waals surface area contributed by atoms with Crippen molar-refractivity contribution in [2.45, 2.75) is 25.5 Å². The highest BCUT2D eigenvalue weighted by Crippen LogP contribution is 2.24. The minimum absolute atomic E-state index is 0.124. The van der Waals surface area contributed by atoms with E-state index in [4.69, 9.17) is 11.6 Å². The number of carbonyl (C=O) groups is 2. The average Bonchev–Trinajstić information content (AvgIpc) is 3.28. The maximum Gasteiger partial charge on any atom is 0.253 e. The Bertz CT molecular complexity index is 1410. The van der Waals surface area contributed by atoms with Crippen LogP contribution < -0.4 is 10.6 Å². The maximum atomic E-state index is 12.8. The Balaban J connectivity index is 1.50. The highest BCUT2D eigenvalue weighted by atomic mass is 79.9. The number of anilines is 1. The van der Waals surface area contributed by atoms with Gasteiger partial charge in [-0.2, -0.15) is 0 Å². The van der Waals surface area contributed by atoms with Crippen molar-refractivity contribution in [1.29, 1.82) is 0 Å². The molecule has 3 aromatic carbocycles. The first kappa shape index (κ1) is 25.9. The molecule has 0 radical (unpaired) electrons. The summed E-state index contributed by atoms with van der Waals surface area (Å²) in [4.78, 5) is 25.4. The molecule has 2 N–H and O–H groups in total. The number of carbonyl (C=O) groups excluding carboxylic acids is 2. The first-order valence-corrected chi connectivity index (χ1v) is 13.2. The molecule has 4 rings (SSSR count). The van der Waals surface area contributed by atoms with Crippen LogP contribution in [0.15, 0.2) is 76.4 Å². The van der Waals surface area contributed by atoms with Gasteiger partial charge in [0, 0.05) is 15.8 Å². The van der Waals surface area contributed by atoms with Crippen molar-refractivity contribution >= 4 is 56.8 Å². The molecule has 0 unspecified atom stereocenters.